The van der Waals surface area contributed by atoms with Crippen LogP contribution in [0.2, 0.25) is 5.02 Å². The molecule has 100 valence electrons. The topological polar surface area (TPSA) is 42.1 Å². The SMILES string of the molecule is CCC1(N)CN(c2ncc(C(F)(F)F)cc2Cl)C1. The maximum Gasteiger partial charge on any atom is 0.417 e. The van der Waals surface area contributed by atoms with Crippen LogP contribution in [0.15, 0.2) is 12.3 Å². The van der Waals surface area contributed by atoms with Crippen molar-refractivity contribution < 1.29 is 13.2 Å². The van der Waals surface area contributed by atoms with Gasteiger partial charge in [0.2, 0.25) is 0 Å². The fraction of sp³-hybridized carbons (Fsp3) is 0.545. The minimum atomic E-state index is -4.43. The summed E-state index contributed by atoms with van der Waals surface area (Å²) >= 11 is 5.83. The molecule has 2 rings (SSSR count). The normalized spacial score (nSPS) is 18.7. The molecule has 1 aliphatic rings. The molecule has 0 saturated carbocycles. The Morgan fingerprint density at radius 3 is 2.56 bits per heavy atom. The lowest BCUT2D eigenvalue weighted by molar-refractivity contribution is -0.137. The monoisotopic (exact) mass is 279 g/mol. The van der Waals surface area contributed by atoms with Crippen molar-refractivity contribution in [2.75, 3.05) is 18.0 Å². The van der Waals surface area contributed by atoms with Crippen LogP contribution in [0.25, 0.3) is 0 Å². The fourth-order valence-corrected chi connectivity index (χ4v) is 2.19. The molecular weight excluding hydrogens is 267 g/mol. The Morgan fingerprint density at radius 2 is 2.11 bits per heavy atom. The molecule has 0 spiro atoms. The maximum absolute atomic E-state index is 12.4. The molecular formula is C11H13ClF3N3. The van der Waals surface area contributed by atoms with Gasteiger partial charge in [0.05, 0.1) is 16.1 Å². The summed E-state index contributed by atoms with van der Waals surface area (Å²) in [7, 11) is 0. The first-order chi connectivity index (χ1) is 8.25. The molecule has 1 aromatic heterocycles. The van der Waals surface area contributed by atoms with Gasteiger partial charge in [0, 0.05) is 19.3 Å². The number of rotatable bonds is 2. The third kappa shape index (κ3) is 2.40. The highest BCUT2D eigenvalue weighted by molar-refractivity contribution is 6.33. The Balaban J connectivity index is 2.18. The summed E-state index contributed by atoms with van der Waals surface area (Å²) in [6, 6.07) is 0.895. The largest absolute Gasteiger partial charge is 0.417 e. The van der Waals surface area contributed by atoms with Crippen LogP contribution >= 0.6 is 11.6 Å². The van der Waals surface area contributed by atoms with Crippen molar-refractivity contribution in [3.05, 3.63) is 22.8 Å². The molecule has 2 heterocycles. The van der Waals surface area contributed by atoms with Crippen molar-refractivity contribution in [3.8, 4) is 0 Å². The summed E-state index contributed by atoms with van der Waals surface area (Å²) in [6.45, 7) is 3.09. The van der Waals surface area contributed by atoms with Gasteiger partial charge in [0.15, 0.2) is 0 Å². The van der Waals surface area contributed by atoms with Crippen LogP contribution in [0.3, 0.4) is 0 Å². The molecule has 0 amide bonds. The Bertz CT molecular complexity index is 455. The van der Waals surface area contributed by atoms with Crippen molar-refractivity contribution in [2.24, 2.45) is 5.73 Å². The first-order valence-electron chi connectivity index (χ1n) is 5.52. The standard InChI is InChI=1S/C11H13ClF3N3/c1-2-10(16)5-18(6-10)9-8(12)3-7(4-17-9)11(13,14)15/h3-4H,2,5-6,16H2,1H3. The van der Waals surface area contributed by atoms with Crippen LogP contribution in [-0.2, 0) is 6.18 Å². The third-order valence-electron chi connectivity index (χ3n) is 3.16. The van der Waals surface area contributed by atoms with Crippen molar-refractivity contribution in [3.63, 3.8) is 0 Å². The maximum atomic E-state index is 12.4. The molecule has 1 aliphatic heterocycles. The van der Waals surface area contributed by atoms with Gasteiger partial charge in [-0.25, -0.2) is 4.98 Å². The van der Waals surface area contributed by atoms with Gasteiger partial charge in [-0.05, 0) is 12.5 Å². The summed E-state index contributed by atoms with van der Waals surface area (Å²) in [5.41, 5.74) is 4.86. The van der Waals surface area contributed by atoms with Gasteiger partial charge in [0.1, 0.15) is 5.82 Å². The number of pyridine rings is 1. The predicted molar refractivity (Wildman–Crippen MR) is 63.7 cm³/mol. The molecule has 1 saturated heterocycles. The lowest BCUT2D eigenvalue weighted by atomic mass is 9.88. The highest BCUT2D eigenvalue weighted by atomic mass is 35.5. The van der Waals surface area contributed by atoms with Crippen molar-refractivity contribution in [1.29, 1.82) is 0 Å². The number of anilines is 1. The molecule has 0 bridgehead atoms. The smallest absolute Gasteiger partial charge is 0.352 e. The number of hydrogen-bond acceptors (Lipinski definition) is 3. The van der Waals surface area contributed by atoms with Gasteiger partial charge in [0.25, 0.3) is 0 Å². The van der Waals surface area contributed by atoms with Crippen LogP contribution in [0.1, 0.15) is 18.9 Å². The average Bonchev–Trinajstić information content (AvgIpc) is 2.24. The number of aromatic nitrogens is 1. The third-order valence-corrected chi connectivity index (χ3v) is 3.44. The summed E-state index contributed by atoms with van der Waals surface area (Å²) in [4.78, 5) is 5.57. The van der Waals surface area contributed by atoms with E-state index in [1.807, 2.05) is 6.92 Å². The van der Waals surface area contributed by atoms with E-state index in [1.165, 1.54) is 0 Å². The van der Waals surface area contributed by atoms with Crippen LogP contribution in [0.5, 0.6) is 0 Å². The van der Waals surface area contributed by atoms with Crippen LogP contribution < -0.4 is 10.6 Å². The zero-order chi connectivity index (χ0) is 13.6. The Labute approximate surface area is 108 Å². The van der Waals surface area contributed by atoms with E-state index >= 15 is 0 Å². The van der Waals surface area contributed by atoms with E-state index in [0.717, 1.165) is 18.7 Å². The quantitative estimate of drug-likeness (QED) is 0.905. The van der Waals surface area contributed by atoms with E-state index in [-0.39, 0.29) is 10.6 Å². The van der Waals surface area contributed by atoms with Gasteiger partial charge < -0.3 is 10.6 Å². The highest BCUT2D eigenvalue weighted by Gasteiger charge is 2.40. The van der Waals surface area contributed by atoms with Crippen LogP contribution in [0, 0.1) is 0 Å². The average molecular weight is 280 g/mol. The van der Waals surface area contributed by atoms with Crippen LogP contribution in [-0.4, -0.2) is 23.6 Å². The second-order valence-electron chi connectivity index (χ2n) is 4.60. The van der Waals surface area contributed by atoms with Gasteiger partial charge >= 0.3 is 6.18 Å². The van der Waals surface area contributed by atoms with E-state index in [9.17, 15) is 13.2 Å². The zero-order valence-electron chi connectivity index (χ0n) is 9.76. The van der Waals surface area contributed by atoms with Gasteiger partial charge in [-0.15, -0.1) is 0 Å². The number of halogens is 4. The molecule has 1 fully saturated rings. The van der Waals surface area contributed by atoms with E-state index in [0.29, 0.717) is 18.9 Å². The van der Waals surface area contributed by atoms with Crippen molar-refractivity contribution in [2.45, 2.75) is 25.1 Å². The molecule has 1 aromatic rings. The minimum Gasteiger partial charge on any atom is -0.352 e. The van der Waals surface area contributed by atoms with Gasteiger partial charge in [-0.3, -0.25) is 0 Å². The predicted octanol–water partition coefficient (Wildman–Crippen LogP) is 2.68. The fourth-order valence-electron chi connectivity index (χ4n) is 1.91. The van der Waals surface area contributed by atoms with E-state index in [4.69, 9.17) is 17.3 Å². The summed E-state index contributed by atoms with van der Waals surface area (Å²) < 4.78 is 37.3. The minimum absolute atomic E-state index is 0.00276. The first kappa shape index (κ1) is 13.4. The van der Waals surface area contributed by atoms with E-state index in [1.54, 1.807) is 4.90 Å². The molecule has 0 radical (unpaired) electrons. The highest BCUT2D eigenvalue weighted by Crippen LogP contribution is 2.36. The lowest BCUT2D eigenvalue weighted by Crippen LogP contribution is -2.67. The van der Waals surface area contributed by atoms with Crippen molar-refractivity contribution >= 4 is 17.4 Å². The molecule has 0 unspecified atom stereocenters. The molecule has 0 aromatic carbocycles. The van der Waals surface area contributed by atoms with Crippen LogP contribution in [0.4, 0.5) is 19.0 Å². The van der Waals surface area contributed by atoms with Crippen molar-refractivity contribution in [1.82, 2.24) is 4.98 Å². The molecule has 3 nitrogen and oxygen atoms in total. The second kappa shape index (κ2) is 4.28. The summed E-state index contributed by atoms with van der Waals surface area (Å²) in [5, 5.41) is 0.00276. The zero-order valence-corrected chi connectivity index (χ0v) is 10.5. The Morgan fingerprint density at radius 1 is 1.50 bits per heavy atom. The second-order valence-corrected chi connectivity index (χ2v) is 5.01. The van der Waals surface area contributed by atoms with Gasteiger partial charge in [-0.1, -0.05) is 18.5 Å². The molecule has 7 heteroatoms. The summed E-state index contributed by atoms with van der Waals surface area (Å²) in [5.74, 6) is 0.360. The number of nitrogens with zero attached hydrogens (tertiary/aromatic N) is 2. The van der Waals surface area contributed by atoms with E-state index in [2.05, 4.69) is 4.98 Å². The molecule has 2 N–H and O–H groups in total. The number of alkyl halides is 3. The molecule has 18 heavy (non-hydrogen) atoms. The lowest BCUT2D eigenvalue weighted by Gasteiger charge is -2.48. The number of hydrogen-bond donors (Lipinski definition) is 1. The van der Waals surface area contributed by atoms with E-state index < -0.39 is 11.7 Å². The molecule has 0 atom stereocenters. The number of nitrogens with two attached hydrogens (primary N) is 1. The summed E-state index contributed by atoms with van der Waals surface area (Å²) in [6.07, 6.45) is -2.82. The first-order valence-corrected chi connectivity index (χ1v) is 5.89. The molecule has 0 aliphatic carbocycles. The Hall–Kier alpha value is -1.01. The Kier molecular flexibility index (Phi) is 3.19. The van der Waals surface area contributed by atoms with Gasteiger partial charge in [-0.2, -0.15) is 13.2 Å².